The van der Waals surface area contributed by atoms with Crippen LogP contribution in [0.4, 0.5) is 0 Å². The normalized spacial score (nSPS) is 12.0. The van der Waals surface area contributed by atoms with E-state index < -0.39 is 0 Å². The van der Waals surface area contributed by atoms with E-state index in [0.717, 1.165) is 44.4 Å². The maximum atomic E-state index is 6.66. The van der Waals surface area contributed by atoms with E-state index in [0.29, 0.717) is 11.4 Å². The Bertz CT molecular complexity index is 2770. The lowest BCUT2D eigenvalue weighted by Gasteiger charge is -2.08. The Hall–Kier alpha value is -5.36. The highest BCUT2D eigenvalue weighted by Crippen LogP contribution is 2.45. The lowest BCUT2D eigenvalue weighted by molar-refractivity contribution is 0.667. The molecule has 0 unspecified atom stereocenters. The summed E-state index contributed by atoms with van der Waals surface area (Å²) in [6.07, 6.45) is 0. The van der Waals surface area contributed by atoms with Crippen LogP contribution in [0.2, 0.25) is 0 Å². The van der Waals surface area contributed by atoms with Gasteiger partial charge >= 0.3 is 0 Å². The van der Waals surface area contributed by atoms with Gasteiger partial charge in [0.05, 0.1) is 0 Å². The van der Waals surface area contributed by atoms with Gasteiger partial charge in [-0.25, -0.2) is 9.97 Å². The third-order valence-corrected chi connectivity index (χ3v) is 11.2. The number of benzene rings is 6. The average molecular weight is 611 g/mol. The molecular formula is C40H22N2OS2. The molecule has 45 heavy (non-hydrogen) atoms. The molecule has 3 nitrogen and oxygen atoms in total. The van der Waals surface area contributed by atoms with Gasteiger partial charge in [-0.05, 0) is 41.5 Å². The molecule has 0 amide bonds. The predicted molar refractivity (Wildman–Crippen MR) is 191 cm³/mol. The third kappa shape index (κ3) is 3.75. The molecule has 0 aliphatic carbocycles. The van der Waals surface area contributed by atoms with Crippen LogP contribution in [-0.2, 0) is 0 Å². The van der Waals surface area contributed by atoms with Crippen LogP contribution in [-0.4, -0.2) is 9.97 Å². The van der Waals surface area contributed by atoms with Crippen molar-refractivity contribution in [3.8, 4) is 33.8 Å². The minimum atomic E-state index is 0.709. The maximum Gasteiger partial charge on any atom is 0.180 e. The second kappa shape index (κ2) is 9.57. The summed E-state index contributed by atoms with van der Waals surface area (Å²) in [5.41, 5.74) is 7.57. The van der Waals surface area contributed by atoms with E-state index in [1.165, 1.54) is 40.3 Å². The standard InChI is InChI=1S/C40H22N2OS2/c1-2-10-23(11-3-1)24-20-21-32-31(22-24)36-37(43-32)35(29-16-8-14-27-25-12-4-6-18-33(25)44-38(27)29)41-40(42-36)30-17-9-15-28-26-13-5-7-19-34(26)45-39(28)30/h1-22H. The van der Waals surface area contributed by atoms with E-state index >= 15 is 0 Å². The Kier molecular flexibility index (Phi) is 5.32. The number of hydrogen-bond donors (Lipinski definition) is 0. The Labute approximate surface area is 265 Å². The van der Waals surface area contributed by atoms with E-state index in [2.05, 4.69) is 127 Å². The van der Waals surface area contributed by atoms with Crippen molar-refractivity contribution in [2.75, 3.05) is 0 Å². The van der Waals surface area contributed by atoms with Gasteiger partial charge in [0.15, 0.2) is 11.4 Å². The molecule has 210 valence electrons. The van der Waals surface area contributed by atoms with E-state index in [1.807, 2.05) is 6.07 Å². The maximum absolute atomic E-state index is 6.66. The molecule has 0 radical (unpaired) electrons. The molecule has 0 aliphatic rings. The Morgan fingerprint density at radius 2 is 1.09 bits per heavy atom. The zero-order valence-electron chi connectivity index (χ0n) is 23.8. The monoisotopic (exact) mass is 610 g/mol. The van der Waals surface area contributed by atoms with E-state index in [1.54, 1.807) is 22.7 Å². The highest BCUT2D eigenvalue weighted by atomic mass is 32.1. The van der Waals surface area contributed by atoms with Crippen molar-refractivity contribution in [2.24, 2.45) is 0 Å². The zero-order chi connectivity index (χ0) is 29.5. The molecule has 0 N–H and O–H groups in total. The summed E-state index contributed by atoms with van der Waals surface area (Å²) < 4.78 is 11.6. The predicted octanol–water partition coefficient (Wildman–Crippen LogP) is 12.1. The van der Waals surface area contributed by atoms with Gasteiger partial charge in [-0.15, -0.1) is 22.7 Å². The number of fused-ring (bicyclic) bond motifs is 9. The molecule has 0 atom stereocenters. The minimum Gasteiger partial charge on any atom is -0.452 e. The summed E-state index contributed by atoms with van der Waals surface area (Å²) in [6, 6.07) is 47.1. The first kappa shape index (κ1) is 25.0. The van der Waals surface area contributed by atoms with Crippen molar-refractivity contribution >= 4 is 85.1 Å². The minimum absolute atomic E-state index is 0.709. The molecule has 6 aromatic carbocycles. The summed E-state index contributed by atoms with van der Waals surface area (Å²) in [4.78, 5) is 10.7. The Morgan fingerprint density at radius 3 is 1.82 bits per heavy atom. The molecule has 0 spiro atoms. The van der Waals surface area contributed by atoms with Crippen LogP contribution >= 0.6 is 22.7 Å². The fourth-order valence-electron chi connectivity index (χ4n) is 6.61. The molecule has 0 saturated carbocycles. The van der Waals surface area contributed by atoms with Crippen molar-refractivity contribution < 1.29 is 4.42 Å². The molecule has 10 aromatic rings. The van der Waals surface area contributed by atoms with E-state index in [4.69, 9.17) is 14.4 Å². The lowest BCUT2D eigenvalue weighted by atomic mass is 10.0. The second-order valence-electron chi connectivity index (χ2n) is 11.3. The first-order valence-electron chi connectivity index (χ1n) is 14.9. The zero-order valence-corrected chi connectivity index (χ0v) is 25.5. The largest absolute Gasteiger partial charge is 0.452 e. The number of aromatic nitrogens is 2. The van der Waals surface area contributed by atoms with Gasteiger partial charge in [0, 0.05) is 56.9 Å². The van der Waals surface area contributed by atoms with Gasteiger partial charge in [0.25, 0.3) is 0 Å². The van der Waals surface area contributed by atoms with Crippen molar-refractivity contribution in [1.82, 2.24) is 9.97 Å². The SMILES string of the molecule is c1ccc(-c2ccc3oc4c(-c5cccc6c5sc5ccccc56)nc(-c5cccc6c5sc5ccccc56)nc4c3c2)cc1. The van der Waals surface area contributed by atoms with Crippen LogP contribution < -0.4 is 0 Å². The van der Waals surface area contributed by atoms with Gasteiger partial charge in [-0.1, -0.05) is 103 Å². The van der Waals surface area contributed by atoms with Crippen LogP contribution in [0.25, 0.3) is 96.2 Å². The number of rotatable bonds is 3. The van der Waals surface area contributed by atoms with Crippen LogP contribution in [0.3, 0.4) is 0 Å². The summed E-state index contributed by atoms with van der Waals surface area (Å²) in [6.45, 7) is 0. The van der Waals surface area contributed by atoms with Crippen LogP contribution in [0, 0.1) is 0 Å². The van der Waals surface area contributed by atoms with Crippen molar-refractivity contribution in [2.45, 2.75) is 0 Å². The molecule has 4 heterocycles. The van der Waals surface area contributed by atoms with Gasteiger partial charge in [-0.2, -0.15) is 0 Å². The van der Waals surface area contributed by atoms with E-state index in [9.17, 15) is 0 Å². The molecule has 5 heteroatoms. The molecule has 4 aromatic heterocycles. The highest BCUT2D eigenvalue weighted by Gasteiger charge is 2.22. The summed E-state index contributed by atoms with van der Waals surface area (Å²) in [7, 11) is 0. The molecule has 10 rings (SSSR count). The average Bonchev–Trinajstić information content (AvgIpc) is 3.79. The first-order valence-corrected chi connectivity index (χ1v) is 16.5. The molecule has 0 saturated heterocycles. The Balaban J connectivity index is 1.32. The van der Waals surface area contributed by atoms with Gasteiger partial charge in [0.2, 0.25) is 0 Å². The van der Waals surface area contributed by atoms with Crippen molar-refractivity contribution in [3.05, 3.63) is 133 Å². The molecule has 0 fully saturated rings. The fourth-order valence-corrected chi connectivity index (χ4v) is 9.04. The summed E-state index contributed by atoms with van der Waals surface area (Å²) >= 11 is 3.61. The van der Waals surface area contributed by atoms with Crippen LogP contribution in [0.5, 0.6) is 0 Å². The van der Waals surface area contributed by atoms with Crippen molar-refractivity contribution in [3.63, 3.8) is 0 Å². The van der Waals surface area contributed by atoms with Crippen molar-refractivity contribution in [1.29, 1.82) is 0 Å². The molecular weight excluding hydrogens is 589 g/mol. The van der Waals surface area contributed by atoms with Gasteiger partial charge < -0.3 is 4.42 Å². The fraction of sp³-hybridized carbons (Fsp3) is 0. The van der Waals surface area contributed by atoms with E-state index in [-0.39, 0.29) is 0 Å². The quantitative estimate of drug-likeness (QED) is 0.200. The van der Waals surface area contributed by atoms with Gasteiger partial charge in [-0.3, -0.25) is 0 Å². The van der Waals surface area contributed by atoms with Crippen LogP contribution in [0.1, 0.15) is 0 Å². The smallest absolute Gasteiger partial charge is 0.180 e. The first-order chi connectivity index (χ1) is 22.3. The third-order valence-electron chi connectivity index (χ3n) is 8.72. The Morgan fingerprint density at radius 1 is 0.467 bits per heavy atom. The summed E-state index contributed by atoms with van der Waals surface area (Å²) in [5.74, 6) is 0.709. The molecule has 0 bridgehead atoms. The molecule has 0 aliphatic heterocycles. The number of furan rings is 1. The summed E-state index contributed by atoms with van der Waals surface area (Å²) in [5, 5.41) is 5.97. The number of nitrogens with zero attached hydrogens (tertiary/aromatic N) is 2. The second-order valence-corrected chi connectivity index (χ2v) is 13.4. The number of hydrogen-bond acceptors (Lipinski definition) is 5. The topological polar surface area (TPSA) is 38.9 Å². The number of thiophene rings is 2. The lowest BCUT2D eigenvalue weighted by Crippen LogP contribution is -1.94. The van der Waals surface area contributed by atoms with Crippen LogP contribution in [0.15, 0.2) is 138 Å². The van der Waals surface area contributed by atoms with Gasteiger partial charge in [0.1, 0.15) is 16.8 Å². The highest BCUT2D eigenvalue weighted by molar-refractivity contribution is 7.26.